The molecule has 3 rings (SSSR count). The number of hydrogen-bond donors (Lipinski definition) is 2. The van der Waals surface area contributed by atoms with E-state index < -0.39 is 10.0 Å². The summed E-state index contributed by atoms with van der Waals surface area (Å²) in [5, 5.41) is 2.77. The highest BCUT2D eigenvalue weighted by Crippen LogP contribution is 2.17. The minimum atomic E-state index is -3.64. The molecule has 0 saturated carbocycles. The molecule has 6 nitrogen and oxygen atoms in total. The van der Waals surface area contributed by atoms with Crippen molar-refractivity contribution in [1.82, 2.24) is 10.0 Å². The molecule has 2 N–H and O–H groups in total. The molecule has 0 radical (unpaired) electrons. The van der Waals surface area contributed by atoms with Gasteiger partial charge >= 0.3 is 0 Å². The highest BCUT2D eigenvalue weighted by atomic mass is 32.2. The van der Waals surface area contributed by atoms with Crippen LogP contribution in [-0.2, 0) is 21.2 Å². The first-order valence-electron chi connectivity index (χ1n) is 10.1. The summed E-state index contributed by atoms with van der Waals surface area (Å²) >= 11 is 0. The second-order valence-corrected chi connectivity index (χ2v) is 9.00. The summed E-state index contributed by atoms with van der Waals surface area (Å²) in [6, 6.07) is 21.0. The van der Waals surface area contributed by atoms with E-state index in [0.717, 1.165) is 11.1 Å². The summed E-state index contributed by atoms with van der Waals surface area (Å²) < 4.78 is 45.9. The maximum absolute atomic E-state index is 13.0. The summed E-state index contributed by atoms with van der Waals surface area (Å²) in [6.07, 6.45) is 0.590. The molecule has 0 fully saturated rings. The third kappa shape index (κ3) is 6.90. The van der Waals surface area contributed by atoms with Gasteiger partial charge in [0.15, 0.2) is 6.61 Å². The number of hydrogen-bond acceptors (Lipinski definition) is 4. The predicted molar refractivity (Wildman–Crippen MR) is 120 cm³/mol. The molecule has 0 spiro atoms. The molecule has 3 aromatic rings. The lowest BCUT2D eigenvalue weighted by atomic mass is 10.1. The number of sulfonamides is 1. The van der Waals surface area contributed by atoms with Crippen LogP contribution in [-0.4, -0.2) is 27.5 Å². The first-order valence-corrected chi connectivity index (χ1v) is 11.6. The lowest BCUT2D eigenvalue weighted by molar-refractivity contribution is -0.123. The number of nitrogens with one attached hydrogen (secondary N) is 2. The van der Waals surface area contributed by atoms with E-state index in [4.69, 9.17) is 4.74 Å². The monoisotopic (exact) mass is 456 g/mol. The molecule has 1 amide bonds. The molecule has 0 aromatic heterocycles. The molecular formula is C24H25FN2O4S. The van der Waals surface area contributed by atoms with Gasteiger partial charge < -0.3 is 10.1 Å². The van der Waals surface area contributed by atoms with E-state index in [0.29, 0.717) is 12.2 Å². The van der Waals surface area contributed by atoms with E-state index in [2.05, 4.69) is 10.0 Å². The fraction of sp³-hybridized carbons (Fsp3) is 0.208. The molecule has 32 heavy (non-hydrogen) atoms. The van der Waals surface area contributed by atoms with Gasteiger partial charge in [-0.2, -0.15) is 0 Å². The van der Waals surface area contributed by atoms with Crippen LogP contribution in [0, 0.1) is 5.82 Å². The minimum absolute atomic E-state index is 0.118. The highest BCUT2D eigenvalue weighted by Gasteiger charge is 2.14. The topological polar surface area (TPSA) is 84.5 Å². The molecule has 0 saturated heterocycles. The SMILES string of the molecule is C[C@@H](NC(=O)COc1ccc(S(=O)(=O)NCCc2ccccc2)cc1)c1ccc(F)cc1. The van der Waals surface area contributed by atoms with Crippen molar-refractivity contribution in [3.8, 4) is 5.75 Å². The van der Waals surface area contributed by atoms with Gasteiger partial charge in [0.2, 0.25) is 10.0 Å². The van der Waals surface area contributed by atoms with Crippen molar-refractivity contribution in [3.05, 3.63) is 95.8 Å². The molecule has 0 aliphatic heterocycles. The maximum atomic E-state index is 13.0. The van der Waals surface area contributed by atoms with Crippen molar-refractivity contribution in [2.75, 3.05) is 13.2 Å². The maximum Gasteiger partial charge on any atom is 0.258 e. The van der Waals surface area contributed by atoms with E-state index >= 15 is 0 Å². The van der Waals surface area contributed by atoms with Crippen molar-refractivity contribution < 1.29 is 22.3 Å². The number of amides is 1. The molecular weight excluding hydrogens is 431 g/mol. The Labute approximate surface area is 187 Å². The molecule has 0 heterocycles. The molecule has 0 bridgehead atoms. The van der Waals surface area contributed by atoms with Crippen LogP contribution in [0.1, 0.15) is 24.1 Å². The second kappa shape index (κ2) is 10.9. The van der Waals surface area contributed by atoms with Crippen molar-refractivity contribution in [2.45, 2.75) is 24.3 Å². The van der Waals surface area contributed by atoms with Crippen molar-refractivity contribution in [1.29, 1.82) is 0 Å². The van der Waals surface area contributed by atoms with Crippen molar-refractivity contribution >= 4 is 15.9 Å². The Kier molecular flexibility index (Phi) is 7.97. The first-order chi connectivity index (χ1) is 15.3. The molecule has 0 aliphatic carbocycles. The third-order valence-corrected chi connectivity index (χ3v) is 6.28. The van der Waals surface area contributed by atoms with E-state index in [1.54, 1.807) is 19.1 Å². The van der Waals surface area contributed by atoms with E-state index in [1.165, 1.54) is 36.4 Å². The van der Waals surface area contributed by atoms with Crippen molar-refractivity contribution in [3.63, 3.8) is 0 Å². The van der Waals surface area contributed by atoms with Gasteiger partial charge in [0.05, 0.1) is 10.9 Å². The van der Waals surface area contributed by atoms with Crippen LogP contribution >= 0.6 is 0 Å². The van der Waals surface area contributed by atoms with E-state index in [9.17, 15) is 17.6 Å². The first kappa shape index (κ1) is 23.4. The molecule has 1 atom stereocenters. The molecule has 0 unspecified atom stereocenters. The van der Waals surface area contributed by atoms with Gasteiger partial charge in [0, 0.05) is 6.54 Å². The molecule has 168 valence electrons. The molecule has 0 aliphatic rings. The lowest BCUT2D eigenvalue weighted by Gasteiger charge is -2.15. The number of benzene rings is 3. The van der Waals surface area contributed by atoms with Crippen LogP contribution in [0.2, 0.25) is 0 Å². The third-order valence-electron chi connectivity index (χ3n) is 4.80. The Morgan fingerprint density at radius 3 is 2.28 bits per heavy atom. The fourth-order valence-electron chi connectivity index (χ4n) is 3.04. The summed E-state index contributed by atoms with van der Waals surface area (Å²) in [6.45, 7) is 1.85. The molecule has 8 heteroatoms. The summed E-state index contributed by atoms with van der Waals surface area (Å²) in [7, 11) is -3.64. The van der Waals surface area contributed by atoms with E-state index in [-0.39, 0.29) is 35.8 Å². The van der Waals surface area contributed by atoms with Crippen LogP contribution in [0.3, 0.4) is 0 Å². The zero-order valence-corrected chi connectivity index (χ0v) is 18.4. The van der Waals surface area contributed by atoms with Crippen LogP contribution < -0.4 is 14.8 Å². The average Bonchev–Trinajstić information content (AvgIpc) is 2.79. The standard InChI is InChI=1S/C24H25FN2O4S/c1-18(20-7-9-21(25)10-8-20)27-24(28)17-31-22-11-13-23(14-12-22)32(29,30)26-16-15-19-5-3-2-4-6-19/h2-14,18,26H,15-17H2,1H3,(H,27,28)/t18-/m1/s1. The second-order valence-electron chi connectivity index (χ2n) is 7.23. The van der Waals surface area contributed by atoms with Gasteiger partial charge in [-0.15, -0.1) is 0 Å². The Morgan fingerprint density at radius 2 is 1.62 bits per heavy atom. The van der Waals surface area contributed by atoms with Crippen LogP contribution in [0.25, 0.3) is 0 Å². The smallest absolute Gasteiger partial charge is 0.258 e. The summed E-state index contributed by atoms with van der Waals surface area (Å²) in [4.78, 5) is 12.2. The van der Waals surface area contributed by atoms with Gasteiger partial charge in [-0.25, -0.2) is 17.5 Å². The Morgan fingerprint density at radius 1 is 0.969 bits per heavy atom. The number of ether oxygens (including phenoxy) is 1. The summed E-state index contributed by atoms with van der Waals surface area (Å²) in [5.41, 5.74) is 1.82. The number of halogens is 1. The Hall–Kier alpha value is -3.23. The normalized spacial score (nSPS) is 12.2. The van der Waals surface area contributed by atoms with Gasteiger partial charge in [0.1, 0.15) is 11.6 Å². The average molecular weight is 457 g/mol. The Bertz CT molecular complexity index is 1120. The number of carbonyl (C=O) groups excluding carboxylic acids is 1. The predicted octanol–water partition coefficient (Wildman–Crippen LogP) is 3.60. The van der Waals surface area contributed by atoms with Crippen LogP contribution in [0.4, 0.5) is 4.39 Å². The summed E-state index contributed by atoms with van der Waals surface area (Å²) in [5.74, 6) is -0.314. The zero-order chi connectivity index (χ0) is 23.0. The fourth-order valence-corrected chi connectivity index (χ4v) is 4.07. The van der Waals surface area contributed by atoms with Gasteiger partial charge in [-0.1, -0.05) is 42.5 Å². The van der Waals surface area contributed by atoms with Gasteiger partial charge in [-0.05, 0) is 60.9 Å². The number of rotatable bonds is 10. The zero-order valence-electron chi connectivity index (χ0n) is 17.6. The van der Waals surface area contributed by atoms with Crippen LogP contribution in [0.15, 0.2) is 83.8 Å². The van der Waals surface area contributed by atoms with Crippen LogP contribution in [0.5, 0.6) is 5.75 Å². The molecule has 3 aromatic carbocycles. The Balaban J connectivity index is 1.47. The lowest BCUT2D eigenvalue weighted by Crippen LogP contribution is -2.31. The number of carbonyl (C=O) groups is 1. The largest absolute Gasteiger partial charge is 0.484 e. The highest BCUT2D eigenvalue weighted by molar-refractivity contribution is 7.89. The van der Waals surface area contributed by atoms with Crippen molar-refractivity contribution in [2.24, 2.45) is 0 Å². The minimum Gasteiger partial charge on any atom is -0.484 e. The van der Waals surface area contributed by atoms with Gasteiger partial charge in [-0.3, -0.25) is 4.79 Å². The van der Waals surface area contributed by atoms with Gasteiger partial charge in [0.25, 0.3) is 5.91 Å². The van der Waals surface area contributed by atoms with E-state index in [1.807, 2.05) is 30.3 Å². The quantitative estimate of drug-likeness (QED) is 0.488.